The minimum Gasteiger partial charge on any atom is -0.330 e. The Morgan fingerprint density at radius 3 is 2.52 bits per heavy atom. The first-order valence-electron chi connectivity index (χ1n) is 10.7. The molecule has 7 nitrogen and oxygen atoms in total. The fourth-order valence-corrected chi connectivity index (χ4v) is 5.47. The highest BCUT2D eigenvalue weighted by Crippen LogP contribution is 2.51. The molecule has 5 rings (SSSR count). The van der Waals surface area contributed by atoms with Crippen molar-refractivity contribution in [2.45, 2.75) is 57.3 Å². The van der Waals surface area contributed by atoms with Crippen molar-refractivity contribution < 1.29 is 9.18 Å². The van der Waals surface area contributed by atoms with Gasteiger partial charge in [-0.3, -0.25) is 14.3 Å². The van der Waals surface area contributed by atoms with E-state index in [1.54, 1.807) is 23.2 Å². The van der Waals surface area contributed by atoms with E-state index in [0.717, 1.165) is 30.5 Å². The highest BCUT2D eigenvalue weighted by atomic mass is 19.1. The molecule has 1 unspecified atom stereocenters. The van der Waals surface area contributed by atoms with E-state index in [4.69, 9.17) is 4.99 Å². The van der Waals surface area contributed by atoms with Crippen molar-refractivity contribution in [2.75, 3.05) is 7.05 Å². The molecule has 1 aromatic carbocycles. The zero-order valence-electron chi connectivity index (χ0n) is 18.3. The van der Waals surface area contributed by atoms with Gasteiger partial charge in [-0.1, -0.05) is 0 Å². The van der Waals surface area contributed by atoms with Crippen LogP contribution in [0.25, 0.3) is 11.4 Å². The number of hydrogen-bond donors (Lipinski definition) is 1. The van der Waals surface area contributed by atoms with E-state index in [0.29, 0.717) is 11.8 Å². The van der Waals surface area contributed by atoms with Crippen molar-refractivity contribution in [2.24, 2.45) is 4.99 Å². The van der Waals surface area contributed by atoms with Gasteiger partial charge in [0.25, 0.3) is 0 Å². The third-order valence-corrected chi connectivity index (χ3v) is 6.81. The van der Waals surface area contributed by atoms with Crippen LogP contribution in [0.1, 0.15) is 40.0 Å². The number of halogens is 1. The number of carbonyl (C=O) groups is 1. The van der Waals surface area contributed by atoms with Crippen LogP contribution in [0, 0.1) is 5.82 Å². The van der Waals surface area contributed by atoms with E-state index in [9.17, 15) is 9.18 Å². The van der Waals surface area contributed by atoms with Gasteiger partial charge in [0.2, 0.25) is 11.9 Å². The molecule has 1 spiro atoms. The lowest BCUT2D eigenvalue weighted by Crippen LogP contribution is -2.76. The second-order valence-electron chi connectivity index (χ2n) is 8.97. The molecule has 8 heteroatoms. The average molecular weight is 423 g/mol. The maximum atomic E-state index is 13.4. The van der Waals surface area contributed by atoms with Gasteiger partial charge in [-0.05, 0) is 64.3 Å². The number of aromatic nitrogens is 2. The SMILES string of the molecule is CC(C)N1C2(CCC2)C(=O)N(C)C2=CNC(n3ccnc3-c3ccc(F)cc3)=NC21C. The van der Waals surface area contributed by atoms with Crippen LogP contribution in [0.15, 0.2) is 53.5 Å². The first kappa shape index (κ1) is 19.9. The predicted molar refractivity (Wildman–Crippen MR) is 116 cm³/mol. The lowest BCUT2D eigenvalue weighted by atomic mass is 9.69. The number of nitrogens with zero attached hydrogens (tertiary/aromatic N) is 5. The molecular weight excluding hydrogens is 395 g/mol. The number of likely N-dealkylation sites (N-methyl/N-ethyl adjacent to an activating group) is 1. The Bertz CT molecular complexity index is 1100. The Hall–Kier alpha value is -3.00. The summed E-state index contributed by atoms with van der Waals surface area (Å²) in [6.07, 6.45) is 8.15. The van der Waals surface area contributed by atoms with Gasteiger partial charge in [-0.15, -0.1) is 0 Å². The minimum absolute atomic E-state index is 0.133. The third-order valence-electron chi connectivity index (χ3n) is 6.81. The third kappa shape index (κ3) is 2.70. The molecule has 1 N–H and O–H groups in total. The van der Waals surface area contributed by atoms with Crippen molar-refractivity contribution in [3.05, 3.63) is 54.4 Å². The van der Waals surface area contributed by atoms with E-state index in [-0.39, 0.29) is 17.8 Å². The molecule has 2 aliphatic heterocycles. The fraction of sp³-hybridized carbons (Fsp3) is 0.435. The van der Waals surface area contributed by atoms with Crippen LogP contribution in [0.5, 0.6) is 0 Å². The summed E-state index contributed by atoms with van der Waals surface area (Å²) in [7, 11) is 1.84. The van der Waals surface area contributed by atoms with Crippen molar-refractivity contribution in [3.8, 4) is 11.4 Å². The number of piperazine rings is 1. The summed E-state index contributed by atoms with van der Waals surface area (Å²) in [4.78, 5) is 27.0. The lowest BCUT2D eigenvalue weighted by Gasteiger charge is -2.62. The fourth-order valence-electron chi connectivity index (χ4n) is 5.47. The highest BCUT2D eigenvalue weighted by Gasteiger charge is 2.63. The molecule has 31 heavy (non-hydrogen) atoms. The molecule has 1 aliphatic carbocycles. The molecule has 1 saturated carbocycles. The molecule has 2 fully saturated rings. The Labute approximate surface area is 181 Å². The molecule has 3 heterocycles. The van der Waals surface area contributed by atoms with Crippen molar-refractivity contribution in [1.29, 1.82) is 0 Å². The summed E-state index contributed by atoms with van der Waals surface area (Å²) >= 11 is 0. The molecule has 0 bridgehead atoms. The predicted octanol–water partition coefficient (Wildman–Crippen LogP) is 3.16. The number of carbonyl (C=O) groups excluding carboxylic acids is 1. The topological polar surface area (TPSA) is 65.8 Å². The van der Waals surface area contributed by atoms with Crippen molar-refractivity contribution >= 4 is 11.9 Å². The second kappa shape index (κ2) is 6.75. The summed E-state index contributed by atoms with van der Waals surface area (Å²) < 4.78 is 15.3. The van der Waals surface area contributed by atoms with Gasteiger partial charge >= 0.3 is 0 Å². The second-order valence-corrected chi connectivity index (χ2v) is 8.97. The zero-order valence-corrected chi connectivity index (χ0v) is 18.3. The van der Waals surface area contributed by atoms with Crippen LogP contribution in [0.4, 0.5) is 4.39 Å². The Balaban J connectivity index is 1.62. The number of nitrogens with one attached hydrogen (secondary N) is 1. The molecule has 162 valence electrons. The van der Waals surface area contributed by atoms with Gasteiger partial charge in [0.15, 0.2) is 5.66 Å². The quantitative estimate of drug-likeness (QED) is 0.808. The summed E-state index contributed by atoms with van der Waals surface area (Å²) in [5.74, 6) is 1.14. The maximum absolute atomic E-state index is 13.4. The molecule has 2 aromatic rings. The van der Waals surface area contributed by atoms with Crippen LogP contribution >= 0.6 is 0 Å². The molecule has 1 aromatic heterocycles. The molecular formula is C23H27FN6O. The normalized spacial score (nSPS) is 25.1. The summed E-state index contributed by atoms with van der Waals surface area (Å²) in [6, 6.07) is 6.39. The van der Waals surface area contributed by atoms with E-state index in [1.165, 1.54) is 12.1 Å². The molecule has 0 radical (unpaired) electrons. The van der Waals surface area contributed by atoms with Crippen molar-refractivity contribution in [3.63, 3.8) is 0 Å². The monoisotopic (exact) mass is 422 g/mol. The van der Waals surface area contributed by atoms with Gasteiger partial charge < -0.3 is 10.2 Å². The number of fused-ring (bicyclic) bond motifs is 1. The van der Waals surface area contributed by atoms with Gasteiger partial charge in [0.1, 0.15) is 17.2 Å². The standard InChI is InChI=1S/C23H27FN6O/c1-15(2)30-22(3)18(28(4)20(31)23(30)10-5-11-23)14-26-21(27-22)29-13-12-25-19(29)16-6-8-17(24)9-7-16/h6-9,12-15H,5,10-11H2,1-4H3,(H,26,27). The first-order chi connectivity index (χ1) is 14.8. The van der Waals surface area contributed by atoms with E-state index in [2.05, 4.69) is 36.0 Å². The highest BCUT2D eigenvalue weighted by molar-refractivity contribution is 5.93. The molecule has 1 amide bonds. The number of hydrogen-bond acceptors (Lipinski definition) is 5. The molecule has 3 aliphatic rings. The number of amides is 1. The Morgan fingerprint density at radius 1 is 1.19 bits per heavy atom. The van der Waals surface area contributed by atoms with Crippen LogP contribution < -0.4 is 5.32 Å². The number of imidazole rings is 1. The number of rotatable bonds is 2. The zero-order chi connectivity index (χ0) is 22.0. The largest absolute Gasteiger partial charge is 0.330 e. The maximum Gasteiger partial charge on any atom is 0.247 e. The minimum atomic E-state index is -0.706. The number of benzene rings is 1. The number of aliphatic imine (C=N–C) groups is 1. The van der Waals surface area contributed by atoms with Gasteiger partial charge in [-0.25, -0.2) is 14.4 Å². The van der Waals surface area contributed by atoms with Crippen LogP contribution in [-0.2, 0) is 4.79 Å². The molecule has 1 atom stereocenters. The average Bonchev–Trinajstić information content (AvgIpc) is 3.18. The van der Waals surface area contributed by atoms with Gasteiger partial charge in [0, 0.05) is 37.2 Å². The van der Waals surface area contributed by atoms with Gasteiger partial charge in [-0.2, -0.15) is 0 Å². The summed E-state index contributed by atoms with van der Waals surface area (Å²) in [5.41, 5.74) is 0.413. The molecule has 1 saturated heterocycles. The Kier molecular flexibility index (Phi) is 4.34. The van der Waals surface area contributed by atoms with E-state index < -0.39 is 11.2 Å². The Morgan fingerprint density at radius 2 is 1.90 bits per heavy atom. The first-order valence-corrected chi connectivity index (χ1v) is 10.7. The summed E-state index contributed by atoms with van der Waals surface area (Å²) in [6.45, 7) is 6.33. The smallest absolute Gasteiger partial charge is 0.247 e. The van der Waals surface area contributed by atoms with Gasteiger partial charge in [0.05, 0.1) is 5.70 Å². The summed E-state index contributed by atoms with van der Waals surface area (Å²) in [5, 5.41) is 3.26. The van der Waals surface area contributed by atoms with Crippen LogP contribution in [-0.4, -0.2) is 55.5 Å². The van der Waals surface area contributed by atoms with Crippen LogP contribution in [0.2, 0.25) is 0 Å². The van der Waals surface area contributed by atoms with E-state index in [1.807, 2.05) is 24.0 Å². The lowest BCUT2D eigenvalue weighted by molar-refractivity contribution is -0.170. The van der Waals surface area contributed by atoms with Crippen molar-refractivity contribution in [1.82, 2.24) is 24.7 Å². The van der Waals surface area contributed by atoms with Crippen LogP contribution in [0.3, 0.4) is 0 Å². The van der Waals surface area contributed by atoms with E-state index >= 15 is 0 Å².